The van der Waals surface area contributed by atoms with Crippen LogP contribution in [0.4, 0.5) is 10.1 Å². The summed E-state index contributed by atoms with van der Waals surface area (Å²) in [6, 6.07) is 4.05. The minimum Gasteiger partial charge on any atom is -0.461 e. The Kier molecular flexibility index (Phi) is 4.98. The van der Waals surface area contributed by atoms with Crippen molar-refractivity contribution in [1.82, 2.24) is 4.57 Å². The number of ether oxygens (including phenoxy) is 1. The Labute approximate surface area is 174 Å². The smallest absolute Gasteiger partial charge is 0.461 e. The summed E-state index contributed by atoms with van der Waals surface area (Å²) in [5.41, 5.74) is 3.28. The van der Waals surface area contributed by atoms with Crippen LogP contribution in [0.1, 0.15) is 48.1 Å². The molecule has 0 unspecified atom stereocenters. The summed E-state index contributed by atoms with van der Waals surface area (Å²) in [4.78, 5) is 26.0. The lowest BCUT2D eigenvalue weighted by atomic mass is 9.76. The third-order valence-electron chi connectivity index (χ3n) is 5.84. The van der Waals surface area contributed by atoms with Gasteiger partial charge >= 0.3 is 13.1 Å². The number of rotatable bonds is 4. The summed E-state index contributed by atoms with van der Waals surface area (Å²) < 4.78 is 21.4. The Morgan fingerprint density at radius 3 is 2.63 bits per heavy atom. The van der Waals surface area contributed by atoms with Crippen molar-refractivity contribution in [3.05, 3.63) is 46.5 Å². The van der Waals surface area contributed by atoms with Crippen LogP contribution < -0.4 is 10.4 Å². The van der Waals surface area contributed by atoms with Gasteiger partial charge < -0.3 is 24.3 Å². The maximum absolute atomic E-state index is 14.3. The van der Waals surface area contributed by atoms with E-state index in [9.17, 15) is 24.0 Å². The van der Waals surface area contributed by atoms with E-state index in [1.54, 1.807) is 0 Å². The van der Waals surface area contributed by atoms with Crippen LogP contribution in [0.2, 0.25) is 0 Å². The van der Waals surface area contributed by atoms with E-state index < -0.39 is 18.9 Å². The van der Waals surface area contributed by atoms with Gasteiger partial charge in [0.15, 0.2) is 0 Å². The molecule has 1 amide bonds. The largest absolute Gasteiger partial charge is 0.489 e. The lowest BCUT2D eigenvalue weighted by molar-refractivity contribution is -0.142. The Hall–Kier alpha value is -2.65. The fourth-order valence-corrected chi connectivity index (χ4v) is 4.59. The number of hydrogen-bond donors (Lipinski definition) is 2. The fraction of sp³-hybridized carbons (Fsp3) is 0.429. The molecule has 0 saturated heterocycles. The van der Waals surface area contributed by atoms with Gasteiger partial charge in [-0.05, 0) is 47.5 Å². The van der Waals surface area contributed by atoms with Crippen LogP contribution in [-0.2, 0) is 35.5 Å². The fourth-order valence-electron chi connectivity index (χ4n) is 4.59. The molecule has 1 aliphatic heterocycles. The van der Waals surface area contributed by atoms with Crippen LogP contribution >= 0.6 is 0 Å². The first-order valence-electron chi connectivity index (χ1n) is 9.92. The lowest BCUT2D eigenvalue weighted by Crippen LogP contribution is -2.43. The van der Waals surface area contributed by atoms with Crippen LogP contribution in [0, 0.1) is 11.2 Å². The minimum atomic E-state index is -1.97. The first-order valence-corrected chi connectivity index (χ1v) is 9.92. The Bertz CT molecular complexity index is 1050. The number of carbonyl (C=O) groups excluding carboxylic acids is 2. The number of aromatic nitrogens is 1. The normalized spacial score (nSPS) is 17.0. The van der Waals surface area contributed by atoms with Crippen molar-refractivity contribution >= 4 is 30.1 Å². The summed E-state index contributed by atoms with van der Waals surface area (Å²) in [6.45, 7) is 6.17. The van der Waals surface area contributed by atoms with Gasteiger partial charge in [0.25, 0.3) is 5.91 Å². The van der Waals surface area contributed by atoms with Crippen LogP contribution in [0.5, 0.6) is 0 Å². The molecule has 4 rings (SSSR count). The second-order valence-corrected chi connectivity index (χ2v) is 8.77. The monoisotopic (exact) mass is 414 g/mol. The highest BCUT2D eigenvalue weighted by molar-refractivity contribution is 6.59. The Morgan fingerprint density at radius 1 is 1.23 bits per heavy atom. The van der Waals surface area contributed by atoms with E-state index >= 15 is 0 Å². The summed E-state index contributed by atoms with van der Waals surface area (Å²) in [7, 11) is -1.97. The molecule has 7 nitrogen and oxygen atoms in total. The van der Waals surface area contributed by atoms with Crippen LogP contribution in [0.3, 0.4) is 0 Å². The highest BCUT2D eigenvalue weighted by atomic mass is 19.1. The third kappa shape index (κ3) is 3.52. The molecule has 0 atom stereocenters. The topological polar surface area (TPSA) is 92.0 Å². The number of hydrogen-bond acceptors (Lipinski definition) is 5. The van der Waals surface area contributed by atoms with E-state index in [0.29, 0.717) is 18.8 Å². The number of esters is 1. The van der Waals surface area contributed by atoms with E-state index in [1.165, 1.54) is 17.5 Å². The maximum Gasteiger partial charge on any atom is 0.489 e. The number of amides is 1. The second-order valence-electron chi connectivity index (χ2n) is 8.77. The molecular formula is C21H24BFN2O5. The molecule has 1 aromatic carbocycles. The van der Waals surface area contributed by atoms with Crippen LogP contribution in [0.15, 0.2) is 18.2 Å². The molecule has 0 saturated carbocycles. The molecule has 0 bridgehead atoms. The van der Waals surface area contributed by atoms with Crippen molar-refractivity contribution in [3.63, 3.8) is 0 Å². The van der Waals surface area contributed by atoms with Gasteiger partial charge in [0.1, 0.15) is 18.1 Å². The number of anilines is 1. The molecule has 0 spiro atoms. The lowest BCUT2D eigenvalue weighted by Gasteiger charge is -2.32. The van der Waals surface area contributed by atoms with Crippen molar-refractivity contribution in [3.8, 4) is 0 Å². The van der Waals surface area contributed by atoms with E-state index in [0.717, 1.165) is 30.5 Å². The van der Waals surface area contributed by atoms with E-state index in [1.807, 2.05) is 10.6 Å². The van der Waals surface area contributed by atoms with Gasteiger partial charge in [0, 0.05) is 31.3 Å². The first kappa shape index (κ1) is 20.6. The van der Waals surface area contributed by atoms with Gasteiger partial charge in [-0.2, -0.15) is 0 Å². The third-order valence-corrected chi connectivity index (χ3v) is 5.84. The number of benzene rings is 1. The number of carbonyl (C=O) groups is 2. The van der Waals surface area contributed by atoms with Crippen LogP contribution in [0.25, 0.3) is 0 Å². The number of halogens is 1. The molecule has 0 fully saturated rings. The minimum absolute atomic E-state index is 0.135. The maximum atomic E-state index is 14.3. The summed E-state index contributed by atoms with van der Waals surface area (Å²) in [5.74, 6) is -1.57. The molecule has 2 aromatic rings. The highest BCUT2D eigenvalue weighted by Crippen LogP contribution is 2.39. The summed E-state index contributed by atoms with van der Waals surface area (Å²) >= 11 is 0. The number of fused-ring (bicyclic) bond motifs is 3. The highest BCUT2D eigenvalue weighted by Gasteiger charge is 2.37. The molecular weight excluding hydrogens is 390 g/mol. The van der Waals surface area contributed by atoms with E-state index in [2.05, 4.69) is 13.8 Å². The molecule has 1 aromatic heterocycles. The molecule has 1 aliphatic carbocycles. The van der Waals surface area contributed by atoms with Gasteiger partial charge in [-0.25, -0.2) is 4.39 Å². The molecule has 9 heteroatoms. The van der Waals surface area contributed by atoms with Crippen molar-refractivity contribution < 1.29 is 28.8 Å². The van der Waals surface area contributed by atoms with E-state index in [-0.39, 0.29) is 34.6 Å². The SMILES string of the molecule is CC(=O)OCc1c(B(O)O)cc(F)cc1N1CCn2c(cc3c2CC(C)(C)C3)C1=O. The standard InChI is InChI=1S/C21H24BFN2O5/c1-12(26)30-11-15-16(22(28)29)7-14(23)8-17(15)25-5-4-24-18(20(25)27)6-13-9-21(2,3)10-19(13)24/h6-8,28-29H,4-5,9-11H2,1-3H3. The zero-order valence-electron chi connectivity index (χ0n) is 17.2. The van der Waals surface area contributed by atoms with Crippen LogP contribution in [-0.4, -0.2) is 40.2 Å². The summed E-state index contributed by atoms with van der Waals surface area (Å²) in [6.07, 6.45) is 1.79. The quantitative estimate of drug-likeness (QED) is 0.579. The van der Waals surface area contributed by atoms with E-state index in [4.69, 9.17) is 4.74 Å². The zero-order valence-corrected chi connectivity index (χ0v) is 17.2. The Balaban J connectivity index is 1.75. The van der Waals surface area contributed by atoms with Gasteiger partial charge in [0.05, 0.1) is 5.69 Å². The molecule has 158 valence electrons. The first-order chi connectivity index (χ1) is 14.1. The molecule has 30 heavy (non-hydrogen) atoms. The predicted octanol–water partition coefficient (Wildman–Crippen LogP) is 1.16. The Morgan fingerprint density at radius 2 is 1.97 bits per heavy atom. The average molecular weight is 414 g/mol. The van der Waals surface area contributed by atoms with Gasteiger partial charge in [0.2, 0.25) is 0 Å². The average Bonchev–Trinajstić information content (AvgIpc) is 3.12. The van der Waals surface area contributed by atoms with Crippen molar-refractivity contribution in [2.45, 2.75) is 46.8 Å². The van der Waals surface area contributed by atoms with Gasteiger partial charge in [-0.3, -0.25) is 9.59 Å². The second kappa shape index (κ2) is 7.25. The van der Waals surface area contributed by atoms with Crippen molar-refractivity contribution in [2.75, 3.05) is 11.4 Å². The van der Waals surface area contributed by atoms with Gasteiger partial charge in [-0.15, -0.1) is 0 Å². The number of nitrogens with zero attached hydrogens (tertiary/aromatic N) is 2. The van der Waals surface area contributed by atoms with Crippen molar-refractivity contribution in [2.24, 2.45) is 5.41 Å². The van der Waals surface area contributed by atoms with Gasteiger partial charge in [-0.1, -0.05) is 13.8 Å². The molecule has 2 heterocycles. The molecule has 2 N–H and O–H groups in total. The molecule has 2 aliphatic rings. The molecule has 0 radical (unpaired) electrons. The van der Waals surface area contributed by atoms with Crippen molar-refractivity contribution in [1.29, 1.82) is 0 Å². The predicted molar refractivity (Wildman–Crippen MR) is 109 cm³/mol. The summed E-state index contributed by atoms with van der Waals surface area (Å²) in [5, 5.41) is 19.4. The zero-order chi connectivity index (χ0) is 21.8.